The Hall–Kier alpha value is -4.98. The van der Waals surface area contributed by atoms with Crippen LogP contribution in [0.3, 0.4) is 0 Å². The van der Waals surface area contributed by atoms with Gasteiger partial charge < -0.3 is 36.1 Å². The maximum atomic E-state index is 12.3. The first-order valence-corrected chi connectivity index (χ1v) is 21.6. The summed E-state index contributed by atoms with van der Waals surface area (Å²) in [6, 6.07) is 22.6. The molecule has 15 nitrogen and oxygen atoms in total. The van der Waals surface area contributed by atoms with Crippen LogP contribution >= 0.6 is 54.5 Å². The number of aliphatic imine (C=N–C) groups is 1. The number of cyclic esters (lactones) is 2. The molecule has 4 amide bonds. The molecule has 0 spiro atoms. The second-order valence-corrected chi connectivity index (χ2v) is 18.0. The monoisotopic (exact) mass is 957 g/mol. The number of halogens is 2. The first kappa shape index (κ1) is 44.1. The zero-order valence-corrected chi connectivity index (χ0v) is 36.9. The number of nitrogens with two attached hydrogens (primary N) is 1. The van der Waals surface area contributed by atoms with E-state index in [1.807, 2.05) is 67.6 Å². The van der Waals surface area contributed by atoms with Gasteiger partial charge in [-0.25, -0.2) is 9.59 Å². The van der Waals surface area contributed by atoms with Crippen LogP contribution in [0.25, 0.3) is 0 Å². The van der Waals surface area contributed by atoms with E-state index in [-0.39, 0.29) is 42.9 Å². The number of carbonyl (C=O) groups is 4. The van der Waals surface area contributed by atoms with Gasteiger partial charge in [-0.3, -0.25) is 29.8 Å². The summed E-state index contributed by atoms with van der Waals surface area (Å²) in [7, 11) is 0. The van der Waals surface area contributed by atoms with Gasteiger partial charge in [0.15, 0.2) is 0 Å². The molecule has 6 N–H and O–H groups in total. The summed E-state index contributed by atoms with van der Waals surface area (Å²) in [5.74, 6) is 0.834. The first-order chi connectivity index (χ1) is 27.8. The molecule has 0 bridgehead atoms. The number of amides is 4. The van der Waals surface area contributed by atoms with Crippen molar-refractivity contribution in [2.75, 3.05) is 65.8 Å². The van der Waals surface area contributed by atoms with Gasteiger partial charge in [0.05, 0.1) is 55.9 Å². The molecule has 3 aliphatic rings. The van der Waals surface area contributed by atoms with Crippen molar-refractivity contribution >= 4 is 113 Å². The van der Waals surface area contributed by atoms with E-state index in [0.29, 0.717) is 22.8 Å². The molecule has 58 heavy (non-hydrogen) atoms. The largest absolute Gasteiger partial charge is 0.442 e. The standard InChI is InChI=1S/C19H19BrN4O3S.C18H20BrN3O3S.C2H6N2/c1-12-21-8-9-23(12)13-2-4-14(5-3-13)24-11-15(27-19(24)26)10-22-18(25)16-6-7-17(20)28-16;1-2-9-20-12-3-5-13(6-4-12)22-11-14(25-18(22)24)10-21-17(23)15-7-8-16(19)26-15;1-2(3)4/h2-7,15H,8-11H2,1H3,(H,22,25);3-8,14,20H,2,9-11H2,1H3,(H,21,23);1H3,(H3,3,4)/t15-;14-;/m00./s1. The third-order valence-corrected chi connectivity index (χ3v) is 11.9. The lowest BCUT2D eigenvalue weighted by Gasteiger charge is -2.20. The second kappa shape index (κ2) is 21.1. The number of benzene rings is 2. The summed E-state index contributed by atoms with van der Waals surface area (Å²) in [5, 5.41) is 15.2. The summed E-state index contributed by atoms with van der Waals surface area (Å²) in [4.78, 5) is 59.6. The van der Waals surface area contributed by atoms with E-state index in [4.69, 9.17) is 20.6 Å². The van der Waals surface area contributed by atoms with E-state index >= 15 is 0 Å². The van der Waals surface area contributed by atoms with Crippen LogP contribution in [0.1, 0.15) is 46.5 Å². The number of nitrogens with one attached hydrogen (secondary N) is 4. The SMILES string of the molecule is CC(=N)N.CC1=NCCN1c1ccc(N2C[C@H](CNC(=O)c3ccc(Br)s3)OC2=O)cc1.CCCNc1ccc(N2C[C@H](CNC(=O)c3ccc(Br)s3)OC2=O)cc1. The Morgan fingerprint density at radius 1 is 0.793 bits per heavy atom. The third-order valence-electron chi connectivity index (χ3n) is 8.61. The molecular weight excluding hydrogens is 914 g/mol. The first-order valence-electron chi connectivity index (χ1n) is 18.4. The van der Waals surface area contributed by atoms with Crippen molar-refractivity contribution in [1.82, 2.24) is 10.6 Å². The number of nitrogens with zero attached hydrogens (tertiary/aromatic N) is 4. The van der Waals surface area contributed by atoms with Crippen LogP contribution in [0, 0.1) is 5.41 Å². The highest BCUT2D eigenvalue weighted by Gasteiger charge is 2.34. The van der Waals surface area contributed by atoms with Gasteiger partial charge in [0.25, 0.3) is 11.8 Å². The molecule has 5 heterocycles. The maximum Gasteiger partial charge on any atom is 0.414 e. The van der Waals surface area contributed by atoms with Gasteiger partial charge in [0.1, 0.15) is 18.0 Å². The van der Waals surface area contributed by atoms with Crippen molar-refractivity contribution in [3.63, 3.8) is 0 Å². The van der Waals surface area contributed by atoms with Gasteiger partial charge in [-0.1, -0.05) is 6.92 Å². The van der Waals surface area contributed by atoms with Crippen molar-refractivity contribution in [3.8, 4) is 0 Å². The number of rotatable bonds is 12. The molecule has 2 fully saturated rings. The Morgan fingerprint density at radius 3 is 1.60 bits per heavy atom. The lowest BCUT2D eigenvalue weighted by atomic mass is 10.2. The molecule has 0 aliphatic carbocycles. The van der Waals surface area contributed by atoms with E-state index in [2.05, 4.69) is 64.6 Å². The van der Waals surface area contributed by atoms with Gasteiger partial charge in [-0.2, -0.15) is 0 Å². The lowest BCUT2D eigenvalue weighted by molar-refractivity contribution is 0.0915. The fourth-order valence-electron chi connectivity index (χ4n) is 5.85. The van der Waals surface area contributed by atoms with Crippen LogP contribution in [0.15, 0.2) is 85.4 Å². The molecule has 2 aromatic carbocycles. The highest BCUT2D eigenvalue weighted by Crippen LogP contribution is 2.27. The number of ether oxygens (including phenoxy) is 2. The summed E-state index contributed by atoms with van der Waals surface area (Å²) >= 11 is 9.40. The molecule has 308 valence electrons. The molecule has 0 saturated carbocycles. The normalized spacial score (nSPS) is 17.0. The molecule has 2 saturated heterocycles. The predicted molar refractivity (Wildman–Crippen MR) is 239 cm³/mol. The van der Waals surface area contributed by atoms with Crippen LogP contribution in [0.5, 0.6) is 0 Å². The van der Waals surface area contributed by atoms with E-state index < -0.39 is 12.2 Å². The molecule has 0 unspecified atom stereocenters. The summed E-state index contributed by atoms with van der Waals surface area (Å²) in [5.41, 5.74) is 8.33. The van der Waals surface area contributed by atoms with E-state index in [1.165, 1.54) is 29.6 Å². The second-order valence-electron chi connectivity index (χ2n) is 13.1. The van der Waals surface area contributed by atoms with Crippen molar-refractivity contribution in [2.24, 2.45) is 10.7 Å². The zero-order chi connectivity index (χ0) is 41.8. The van der Waals surface area contributed by atoms with E-state index in [9.17, 15) is 19.2 Å². The van der Waals surface area contributed by atoms with Gasteiger partial charge >= 0.3 is 12.2 Å². The summed E-state index contributed by atoms with van der Waals surface area (Å²) < 4.78 is 12.6. The Kier molecular flexibility index (Phi) is 16.1. The molecule has 2 atom stereocenters. The third kappa shape index (κ3) is 12.5. The molecule has 19 heteroatoms. The Bertz CT molecular complexity index is 2090. The van der Waals surface area contributed by atoms with Gasteiger partial charge in [0, 0.05) is 35.8 Å². The number of hydrogen-bond donors (Lipinski definition) is 5. The van der Waals surface area contributed by atoms with Crippen LogP contribution in [-0.2, 0) is 9.47 Å². The van der Waals surface area contributed by atoms with Gasteiger partial charge in [-0.15, -0.1) is 22.7 Å². The molecular formula is C39H45Br2N9O6S2. The molecule has 3 aliphatic heterocycles. The average molecular weight is 960 g/mol. The summed E-state index contributed by atoms with van der Waals surface area (Å²) in [6.45, 7) is 9.59. The van der Waals surface area contributed by atoms with Crippen molar-refractivity contribution in [1.29, 1.82) is 5.41 Å². The highest BCUT2D eigenvalue weighted by molar-refractivity contribution is 9.11. The molecule has 4 aromatic rings. The topological polar surface area (TPSA) is 195 Å². The number of amidine groups is 2. The molecule has 7 rings (SSSR count). The van der Waals surface area contributed by atoms with Gasteiger partial charge in [-0.05, 0) is 125 Å². The lowest BCUT2D eigenvalue weighted by Crippen LogP contribution is -2.34. The van der Waals surface area contributed by atoms with Crippen LogP contribution < -0.4 is 36.4 Å². The number of thiophene rings is 2. The number of carbonyl (C=O) groups excluding carboxylic acids is 4. The predicted octanol–water partition coefficient (Wildman–Crippen LogP) is 7.53. The highest BCUT2D eigenvalue weighted by atomic mass is 79.9. The quantitative estimate of drug-likeness (QED) is 0.0705. The minimum absolute atomic E-state index is 0.165. The van der Waals surface area contributed by atoms with Crippen molar-refractivity contribution in [3.05, 3.63) is 90.1 Å². The van der Waals surface area contributed by atoms with Crippen LogP contribution in [-0.4, -0.2) is 93.7 Å². The molecule has 0 radical (unpaired) electrons. The minimum Gasteiger partial charge on any atom is -0.442 e. The van der Waals surface area contributed by atoms with Gasteiger partial charge in [0.2, 0.25) is 0 Å². The fraction of sp³-hybridized carbons (Fsp3) is 0.333. The van der Waals surface area contributed by atoms with E-state index in [1.54, 1.807) is 21.9 Å². The number of anilines is 4. The Morgan fingerprint density at radius 2 is 1.22 bits per heavy atom. The van der Waals surface area contributed by atoms with Crippen molar-refractivity contribution in [2.45, 2.75) is 39.4 Å². The van der Waals surface area contributed by atoms with Crippen LogP contribution in [0.2, 0.25) is 0 Å². The molecule has 2 aromatic heterocycles. The minimum atomic E-state index is -0.398. The average Bonchev–Trinajstić information content (AvgIpc) is 4.06. The fourth-order valence-corrected chi connectivity index (χ4v) is 8.46. The number of hydrogen-bond acceptors (Lipinski definition) is 12. The Balaban J connectivity index is 0.000000203. The van der Waals surface area contributed by atoms with E-state index in [0.717, 1.165) is 62.2 Å². The smallest absolute Gasteiger partial charge is 0.414 e. The summed E-state index contributed by atoms with van der Waals surface area (Å²) in [6.07, 6.45) is -0.488. The van der Waals surface area contributed by atoms with Crippen molar-refractivity contribution < 1.29 is 28.7 Å². The Labute approximate surface area is 361 Å². The van der Waals surface area contributed by atoms with Crippen LogP contribution in [0.4, 0.5) is 32.3 Å². The maximum absolute atomic E-state index is 12.3. The zero-order valence-electron chi connectivity index (χ0n) is 32.1.